The first-order valence-electron chi connectivity index (χ1n) is 6.44. The molecule has 0 amide bonds. The van der Waals surface area contributed by atoms with Crippen molar-refractivity contribution in [3.63, 3.8) is 0 Å². The monoisotopic (exact) mass is 329 g/mol. The van der Waals surface area contributed by atoms with Crippen molar-refractivity contribution in [2.75, 3.05) is 0 Å². The molecule has 0 saturated heterocycles. The van der Waals surface area contributed by atoms with Crippen LogP contribution in [0.15, 0.2) is 73.1 Å². The predicted molar refractivity (Wildman–Crippen MR) is 75.5 cm³/mol. The summed E-state index contributed by atoms with van der Waals surface area (Å²) in [6.45, 7) is 0.564. The highest BCUT2D eigenvalue weighted by molar-refractivity contribution is 5.80. The van der Waals surface area contributed by atoms with Crippen molar-refractivity contribution in [1.82, 2.24) is 0 Å². The van der Waals surface area contributed by atoms with Crippen molar-refractivity contribution in [2.45, 2.75) is 12.6 Å². The largest absolute Gasteiger partial charge is 1.00 e. The van der Waals surface area contributed by atoms with Crippen molar-refractivity contribution in [3.05, 3.63) is 78.6 Å². The van der Waals surface area contributed by atoms with Crippen LogP contribution in [0.25, 0.3) is 10.8 Å². The molecule has 1 aromatic heterocycles. The molecule has 0 spiro atoms. The maximum Gasteiger partial charge on any atom is 0.178 e. The van der Waals surface area contributed by atoms with Crippen molar-refractivity contribution < 1.29 is 26.7 Å². The molecule has 2 nitrogen and oxygen atoms in total. The summed E-state index contributed by atoms with van der Waals surface area (Å²) in [7, 11) is 0. The van der Waals surface area contributed by atoms with Gasteiger partial charge in [0.05, 0.1) is 0 Å². The summed E-state index contributed by atoms with van der Waals surface area (Å²) in [5.74, 6) is 0. The van der Waals surface area contributed by atoms with Crippen LogP contribution in [0.5, 0.6) is 0 Å². The van der Waals surface area contributed by atoms with E-state index in [1.54, 1.807) is 0 Å². The molecule has 3 heteroatoms. The fraction of sp³-hybridized carbons (Fsp3) is 0.118. The van der Waals surface area contributed by atoms with E-state index >= 15 is 0 Å². The first kappa shape index (κ1) is 14.7. The van der Waals surface area contributed by atoms with E-state index in [0.29, 0.717) is 6.54 Å². The lowest BCUT2D eigenvalue weighted by Crippen LogP contribution is -3.00. The fourth-order valence-corrected chi connectivity index (χ4v) is 2.27. The number of nitrogens with zero attached hydrogens (tertiary/aromatic N) is 1. The summed E-state index contributed by atoms with van der Waals surface area (Å²) >= 11 is 0. The first-order chi connectivity index (χ1) is 9.33. The second kappa shape index (κ2) is 6.64. The highest BCUT2D eigenvalue weighted by Gasteiger charge is 2.13. The number of rotatable bonds is 3. The van der Waals surface area contributed by atoms with E-state index in [9.17, 15) is 5.11 Å². The molecule has 1 atom stereocenters. The Morgan fingerprint density at radius 3 is 2.25 bits per heavy atom. The van der Waals surface area contributed by atoms with Crippen molar-refractivity contribution in [1.29, 1.82) is 0 Å². The molecule has 0 saturated carbocycles. The summed E-state index contributed by atoms with van der Waals surface area (Å²) in [6.07, 6.45) is 3.60. The van der Waals surface area contributed by atoms with E-state index in [1.807, 2.05) is 53.2 Å². The Kier molecular flexibility index (Phi) is 4.88. The average molecular weight is 330 g/mol. The number of aliphatic hydroxyl groups excluding tert-OH is 1. The van der Waals surface area contributed by atoms with Crippen molar-refractivity contribution in [3.8, 4) is 0 Å². The third-order valence-corrected chi connectivity index (χ3v) is 3.31. The molecule has 20 heavy (non-hydrogen) atoms. The van der Waals surface area contributed by atoms with Crippen LogP contribution < -0.4 is 21.5 Å². The number of aliphatic hydroxyl groups is 1. The summed E-state index contributed by atoms with van der Waals surface area (Å²) in [4.78, 5) is 0. The van der Waals surface area contributed by atoms with E-state index in [1.165, 1.54) is 10.8 Å². The van der Waals surface area contributed by atoms with Crippen molar-refractivity contribution in [2.24, 2.45) is 0 Å². The van der Waals surface area contributed by atoms with E-state index < -0.39 is 6.10 Å². The van der Waals surface area contributed by atoms with Crippen LogP contribution in [-0.2, 0) is 6.54 Å². The van der Waals surface area contributed by atoms with Gasteiger partial charge in [-0.05, 0) is 17.0 Å². The van der Waals surface area contributed by atoms with Gasteiger partial charge >= 0.3 is 0 Å². The van der Waals surface area contributed by atoms with Crippen molar-refractivity contribution >= 4 is 10.8 Å². The summed E-state index contributed by atoms with van der Waals surface area (Å²) in [5, 5.41) is 12.6. The van der Waals surface area contributed by atoms with Gasteiger partial charge in [-0.2, -0.15) is 0 Å². The highest BCUT2D eigenvalue weighted by atomic mass is 79.9. The fourth-order valence-electron chi connectivity index (χ4n) is 2.27. The predicted octanol–water partition coefficient (Wildman–Crippen LogP) is -0.135. The Hall–Kier alpha value is -1.71. The third kappa shape index (κ3) is 3.24. The zero-order chi connectivity index (χ0) is 13.1. The van der Waals surface area contributed by atoms with Crippen LogP contribution in [0.3, 0.4) is 0 Å². The highest BCUT2D eigenvalue weighted by Crippen LogP contribution is 2.13. The van der Waals surface area contributed by atoms with Gasteiger partial charge in [-0.3, -0.25) is 0 Å². The van der Waals surface area contributed by atoms with Gasteiger partial charge in [0.1, 0.15) is 6.10 Å². The van der Waals surface area contributed by atoms with Gasteiger partial charge in [-0.25, -0.2) is 4.57 Å². The van der Waals surface area contributed by atoms with E-state index in [-0.39, 0.29) is 17.0 Å². The van der Waals surface area contributed by atoms with Gasteiger partial charge in [0.2, 0.25) is 0 Å². The Bertz CT molecular complexity index is 685. The van der Waals surface area contributed by atoms with E-state index in [4.69, 9.17) is 0 Å². The van der Waals surface area contributed by atoms with Gasteiger partial charge in [0.25, 0.3) is 0 Å². The average Bonchev–Trinajstić information content (AvgIpc) is 2.48. The zero-order valence-corrected chi connectivity index (χ0v) is 12.6. The molecule has 0 aliphatic carbocycles. The number of halogens is 1. The Balaban J connectivity index is 0.00000147. The number of hydrogen-bond acceptors (Lipinski definition) is 1. The summed E-state index contributed by atoms with van der Waals surface area (Å²) in [5.41, 5.74) is 0.947. The van der Waals surface area contributed by atoms with E-state index in [2.05, 4.69) is 24.4 Å². The lowest BCUT2D eigenvalue weighted by Gasteiger charge is -2.07. The smallest absolute Gasteiger partial charge is 0.178 e. The van der Waals surface area contributed by atoms with Gasteiger partial charge in [0.15, 0.2) is 18.9 Å². The maximum atomic E-state index is 10.2. The molecule has 1 N–H and O–H groups in total. The van der Waals surface area contributed by atoms with Crippen LogP contribution in [0.1, 0.15) is 11.7 Å². The van der Waals surface area contributed by atoms with Crippen LogP contribution in [0.2, 0.25) is 0 Å². The molecule has 1 unspecified atom stereocenters. The van der Waals surface area contributed by atoms with Gasteiger partial charge in [-0.15, -0.1) is 0 Å². The summed E-state index contributed by atoms with van der Waals surface area (Å²) < 4.78 is 2.03. The second-order valence-corrected chi connectivity index (χ2v) is 4.70. The number of aromatic nitrogens is 1. The van der Waals surface area contributed by atoms with Crippen LogP contribution in [-0.4, -0.2) is 5.11 Å². The number of fused-ring (bicyclic) bond motifs is 1. The lowest BCUT2D eigenvalue weighted by atomic mass is 10.1. The molecule has 0 fully saturated rings. The molecule has 0 aliphatic heterocycles. The quantitative estimate of drug-likeness (QED) is 0.665. The molecule has 0 bridgehead atoms. The molecule has 3 rings (SSSR count). The lowest BCUT2D eigenvalue weighted by molar-refractivity contribution is -0.703. The molecule has 0 radical (unpaired) electrons. The normalized spacial score (nSPS) is 11.8. The van der Waals surface area contributed by atoms with Gasteiger partial charge in [-0.1, -0.05) is 48.5 Å². The molecular formula is C17H16BrNO. The molecule has 1 heterocycles. The topological polar surface area (TPSA) is 24.1 Å². The van der Waals surface area contributed by atoms with Crippen LogP contribution >= 0.6 is 0 Å². The third-order valence-electron chi connectivity index (χ3n) is 3.31. The number of benzene rings is 2. The molecule has 102 valence electrons. The Morgan fingerprint density at radius 2 is 1.50 bits per heavy atom. The minimum Gasteiger partial charge on any atom is -1.00 e. The standard InChI is InChI=1S/C17H16NO.BrH/c19-17(15-7-2-1-3-8-15)13-18-11-10-14-6-4-5-9-16(14)12-18;/h1-12,17,19H,13H2;1H/q+1;/p-1. The molecule has 0 aliphatic rings. The molecular weight excluding hydrogens is 314 g/mol. The number of hydrogen-bond donors (Lipinski definition) is 1. The SMILES string of the molecule is OC(C[n+]1ccc2ccccc2c1)c1ccccc1.[Br-]. The Morgan fingerprint density at radius 1 is 0.850 bits per heavy atom. The maximum absolute atomic E-state index is 10.2. The minimum absolute atomic E-state index is 0. The van der Waals surface area contributed by atoms with Crippen LogP contribution in [0.4, 0.5) is 0 Å². The Labute approximate surface area is 129 Å². The van der Waals surface area contributed by atoms with Crippen LogP contribution in [0, 0.1) is 0 Å². The first-order valence-corrected chi connectivity index (χ1v) is 6.44. The zero-order valence-electron chi connectivity index (χ0n) is 11.0. The second-order valence-electron chi connectivity index (χ2n) is 4.70. The number of pyridine rings is 1. The van der Waals surface area contributed by atoms with Gasteiger partial charge < -0.3 is 22.1 Å². The summed E-state index contributed by atoms with van der Waals surface area (Å²) in [6, 6.07) is 20.1. The molecule has 2 aromatic carbocycles. The molecule has 3 aromatic rings. The minimum atomic E-state index is -0.479. The van der Waals surface area contributed by atoms with E-state index in [0.717, 1.165) is 5.56 Å². The van der Waals surface area contributed by atoms with Gasteiger partial charge in [0, 0.05) is 11.5 Å².